The van der Waals surface area contributed by atoms with Crippen molar-refractivity contribution in [3.05, 3.63) is 36.8 Å². The van der Waals surface area contributed by atoms with E-state index in [4.69, 9.17) is 5.73 Å². The molecule has 0 radical (unpaired) electrons. The molecule has 0 spiro atoms. The minimum Gasteiger partial charge on any atom is -0.384 e. The summed E-state index contributed by atoms with van der Waals surface area (Å²) in [7, 11) is 4.03. The fourth-order valence-electron chi connectivity index (χ4n) is 1.36. The van der Waals surface area contributed by atoms with Gasteiger partial charge in [-0.1, -0.05) is 0 Å². The summed E-state index contributed by atoms with van der Waals surface area (Å²) >= 11 is 0. The Kier molecular flexibility index (Phi) is 2.33. The average Bonchev–Trinajstić information content (AvgIpc) is 2.68. The molecule has 4 heteroatoms. The lowest BCUT2D eigenvalue weighted by atomic mass is 10.4. The van der Waals surface area contributed by atoms with E-state index in [9.17, 15) is 0 Å². The Labute approximate surface area is 89.0 Å². The van der Waals surface area contributed by atoms with Gasteiger partial charge in [0.2, 0.25) is 0 Å². The number of aromatic nitrogens is 2. The van der Waals surface area contributed by atoms with Crippen molar-refractivity contribution in [2.45, 2.75) is 0 Å². The molecular weight excluding hydrogens is 188 g/mol. The van der Waals surface area contributed by atoms with Crippen LogP contribution in [0.25, 0.3) is 5.69 Å². The molecule has 0 saturated carbocycles. The van der Waals surface area contributed by atoms with Crippen molar-refractivity contribution in [1.82, 2.24) is 9.55 Å². The van der Waals surface area contributed by atoms with Gasteiger partial charge in [-0.3, -0.25) is 0 Å². The molecule has 0 amide bonds. The summed E-state index contributed by atoms with van der Waals surface area (Å²) in [6, 6.07) is 5.79. The van der Waals surface area contributed by atoms with Gasteiger partial charge in [-0.2, -0.15) is 0 Å². The predicted molar refractivity (Wildman–Crippen MR) is 62.3 cm³/mol. The summed E-state index contributed by atoms with van der Waals surface area (Å²) in [6.07, 6.45) is 5.81. The van der Waals surface area contributed by atoms with Crippen LogP contribution in [0.3, 0.4) is 0 Å². The van der Waals surface area contributed by atoms with Crippen molar-refractivity contribution in [2.24, 2.45) is 0 Å². The van der Waals surface area contributed by atoms with Crippen LogP contribution in [-0.4, -0.2) is 23.6 Å². The maximum Gasteiger partial charge on any atom is 0.123 e. The Balaban J connectivity index is 2.33. The van der Waals surface area contributed by atoms with Gasteiger partial charge in [0.15, 0.2) is 0 Å². The highest BCUT2D eigenvalue weighted by Gasteiger charge is 2.00. The minimum absolute atomic E-state index is 0.540. The maximum atomic E-state index is 5.53. The van der Waals surface area contributed by atoms with E-state index < -0.39 is 0 Å². The third-order valence-corrected chi connectivity index (χ3v) is 2.26. The van der Waals surface area contributed by atoms with E-state index in [1.54, 1.807) is 12.3 Å². The Morgan fingerprint density at radius 1 is 1.27 bits per heavy atom. The Hall–Kier alpha value is -1.97. The quantitative estimate of drug-likeness (QED) is 0.803. The highest BCUT2D eigenvalue weighted by Crippen LogP contribution is 2.15. The van der Waals surface area contributed by atoms with Crippen LogP contribution in [0.15, 0.2) is 36.8 Å². The number of nitrogens with zero attached hydrogens (tertiary/aromatic N) is 3. The van der Waals surface area contributed by atoms with Crippen LogP contribution in [0.5, 0.6) is 0 Å². The third-order valence-electron chi connectivity index (χ3n) is 2.26. The van der Waals surface area contributed by atoms with Crippen LogP contribution in [0, 0.1) is 0 Å². The standard InChI is InChI=1S/C11H14N4/c1-14(2)10-5-6-15(8-10)9-3-4-11(12)13-7-9/h3-8H,1-2H3,(H2,12,13). The average molecular weight is 202 g/mol. The fourth-order valence-corrected chi connectivity index (χ4v) is 1.36. The number of nitrogen functional groups attached to an aromatic ring is 1. The predicted octanol–water partition coefficient (Wildman–Crippen LogP) is 1.52. The third kappa shape index (κ3) is 1.93. The Morgan fingerprint density at radius 3 is 2.60 bits per heavy atom. The van der Waals surface area contributed by atoms with E-state index in [0.717, 1.165) is 11.4 Å². The van der Waals surface area contributed by atoms with Crippen LogP contribution in [0.4, 0.5) is 11.5 Å². The van der Waals surface area contributed by atoms with Crippen molar-refractivity contribution < 1.29 is 0 Å². The molecule has 2 heterocycles. The Morgan fingerprint density at radius 2 is 2.07 bits per heavy atom. The molecule has 0 saturated heterocycles. The van der Waals surface area contributed by atoms with Crippen molar-refractivity contribution in [2.75, 3.05) is 24.7 Å². The van der Waals surface area contributed by atoms with Gasteiger partial charge in [-0.25, -0.2) is 4.98 Å². The smallest absolute Gasteiger partial charge is 0.123 e. The fraction of sp³-hybridized carbons (Fsp3) is 0.182. The molecule has 0 aliphatic rings. The van der Waals surface area contributed by atoms with Gasteiger partial charge in [-0.05, 0) is 18.2 Å². The summed E-state index contributed by atoms with van der Waals surface area (Å²) < 4.78 is 2.02. The molecule has 0 unspecified atom stereocenters. The Bertz CT molecular complexity index is 442. The number of pyridine rings is 1. The van der Waals surface area contributed by atoms with Gasteiger partial charge in [-0.15, -0.1) is 0 Å². The molecule has 2 aromatic heterocycles. The number of hydrogen-bond acceptors (Lipinski definition) is 3. The molecule has 0 atom stereocenters. The van der Waals surface area contributed by atoms with E-state index in [1.807, 2.05) is 37.1 Å². The zero-order valence-corrected chi connectivity index (χ0v) is 8.88. The van der Waals surface area contributed by atoms with E-state index in [1.165, 1.54) is 0 Å². The normalized spacial score (nSPS) is 10.3. The second-order valence-electron chi connectivity index (χ2n) is 3.61. The second-order valence-corrected chi connectivity index (χ2v) is 3.61. The molecule has 78 valence electrons. The molecule has 2 aromatic rings. The maximum absolute atomic E-state index is 5.53. The molecular formula is C11H14N4. The van der Waals surface area contributed by atoms with Gasteiger partial charge >= 0.3 is 0 Å². The van der Waals surface area contributed by atoms with Crippen LogP contribution in [-0.2, 0) is 0 Å². The molecule has 0 aliphatic carbocycles. The summed E-state index contributed by atoms with van der Waals surface area (Å²) in [5.41, 5.74) is 7.70. The largest absolute Gasteiger partial charge is 0.384 e. The lowest BCUT2D eigenvalue weighted by molar-refractivity contribution is 1.05. The van der Waals surface area contributed by atoms with Crippen molar-refractivity contribution >= 4 is 11.5 Å². The summed E-state index contributed by atoms with van der Waals surface area (Å²) in [6.45, 7) is 0. The first-order valence-corrected chi connectivity index (χ1v) is 4.74. The zero-order chi connectivity index (χ0) is 10.8. The first-order chi connectivity index (χ1) is 7.16. The summed E-state index contributed by atoms with van der Waals surface area (Å²) in [5, 5.41) is 0. The molecule has 0 bridgehead atoms. The lowest BCUT2D eigenvalue weighted by Gasteiger charge is -2.08. The number of anilines is 2. The van der Waals surface area contributed by atoms with Crippen molar-refractivity contribution in [3.8, 4) is 5.69 Å². The van der Waals surface area contributed by atoms with E-state index in [0.29, 0.717) is 5.82 Å². The summed E-state index contributed by atoms with van der Waals surface area (Å²) in [4.78, 5) is 6.11. The monoisotopic (exact) mass is 202 g/mol. The highest BCUT2D eigenvalue weighted by molar-refractivity contribution is 5.47. The molecule has 0 fully saturated rings. The molecule has 0 aliphatic heterocycles. The van der Waals surface area contributed by atoms with Crippen LogP contribution in [0.2, 0.25) is 0 Å². The molecule has 2 rings (SSSR count). The first-order valence-electron chi connectivity index (χ1n) is 4.74. The molecule has 15 heavy (non-hydrogen) atoms. The van der Waals surface area contributed by atoms with Crippen molar-refractivity contribution in [3.63, 3.8) is 0 Å². The summed E-state index contributed by atoms with van der Waals surface area (Å²) in [5.74, 6) is 0.540. The van der Waals surface area contributed by atoms with Gasteiger partial charge in [0.05, 0.1) is 17.6 Å². The zero-order valence-electron chi connectivity index (χ0n) is 8.88. The van der Waals surface area contributed by atoms with Gasteiger partial charge in [0.1, 0.15) is 5.82 Å². The lowest BCUT2D eigenvalue weighted by Crippen LogP contribution is -2.07. The number of rotatable bonds is 2. The van der Waals surface area contributed by atoms with Crippen molar-refractivity contribution in [1.29, 1.82) is 0 Å². The van der Waals surface area contributed by atoms with Crippen LogP contribution < -0.4 is 10.6 Å². The van der Waals surface area contributed by atoms with Crippen LogP contribution in [0.1, 0.15) is 0 Å². The van der Waals surface area contributed by atoms with E-state index in [-0.39, 0.29) is 0 Å². The van der Waals surface area contributed by atoms with Gasteiger partial charge in [0.25, 0.3) is 0 Å². The van der Waals surface area contributed by atoms with Gasteiger partial charge in [0, 0.05) is 26.5 Å². The van der Waals surface area contributed by atoms with Crippen LogP contribution >= 0.6 is 0 Å². The van der Waals surface area contributed by atoms with E-state index in [2.05, 4.69) is 16.0 Å². The molecule has 2 N–H and O–H groups in total. The number of nitrogens with two attached hydrogens (primary N) is 1. The number of hydrogen-bond donors (Lipinski definition) is 1. The molecule has 0 aromatic carbocycles. The SMILES string of the molecule is CN(C)c1ccn(-c2ccc(N)nc2)c1. The second kappa shape index (κ2) is 3.65. The molecule has 4 nitrogen and oxygen atoms in total. The topological polar surface area (TPSA) is 47.1 Å². The minimum atomic E-state index is 0.540. The highest BCUT2D eigenvalue weighted by atomic mass is 15.1. The van der Waals surface area contributed by atoms with E-state index >= 15 is 0 Å². The van der Waals surface area contributed by atoms with Gasteiger partial charge < -0.3 is 15.2 Å². The first kappa shape index (κ1) is 9.58.